The van der Waals surface area contributed by atoms with Gasteiger partial charge in [-0.1, -0.05) is 41.9 Å². The summed E-state index contributed by atoms with van der Waals surface area (Å²) in [5.41, 5.74) is 4.76. The summed E-state index contributed by atoms with van der Waals surface area (Å²) in [6, 6.07) is 16.3. The van der Waals surface area contributed by atoms with Gasteiger partial charge in [0.15, 0.2) is 0 Å². The minimum atomic E-state index is 0.772. The molecule has 0 atom stereocenters. The number of nitrogens with one attached hydrogen (secondary N) is 1. The summed E-state index contributed by atoms with van der Waals surface area (Å²) in [4.78, 5) is 3.39. The Hall–Kier alpha value is -1.73. The van der Waals surface area contributed by atoms with Crippen LogP contribution in [0.2, 0.25) is 5.02 Å². The molecule has 2 aromatic carbocycles. The summed E-state index contributed by atoms with van der Waals surface area (Å²) in [7, 11) is 0. The Kier molecular flexibility index (Phi) is 2.41. The number of aromatic amines is 1. The smallest absolute Gasteiger partial charge is 0.0463 e. The van der Waals surface area contributed by atoms with Crippen molar-refractivity contribution in [2.24, 2.45) is 0 Å². The molecule has 1 nitrogen and oxygen atoms in total. The topological polar surface area (TPSA) is 15.8 Å². The van der Waals surface area contributed by atoms with Crippen molar-refractivity contribution < 1.29 is 0 Å². The van der Waals surface area contributed by atoms with Crippen LogP contribution in [0.1, 0.15) is 5.69 Å². The van der Waals surface area contributed by atoms with E-state index >= 15 is 0 Å². The van der Waals surface area contributed by atoms with Gasteiger partial charge in [-0.25, -0.2) is 0 Å². The van der Waals surface area contributed by atoms with E-state index in [0.717, 1.165) is 10.5 Å². The van der Waals surface area contributed by atoms with Gasteiger partial charge in [0, 0.05) is 27.2 Å². The summed E-state index contributed by atoms with van der Waals surface area (Å²) in [6.45, 7) is 2.09. The van der Waals surface area contributed by atoms with Crippen LogP contribution in [-0.4, -0.2) is 4.98 Å². The van der Waals surface area contributed by atoms with Crippen molar-refractivity contribution in [3.63, 3.8) is 0 Å². The third-order valence-electron chi connectivity index (χ3n) is 3.01. The summed E-state index contributed by atoms with van der Waals surface area (Å²) < 4.78 is 0. The van der Waals surface area contributed by atoms with Gasteiger partial charge in [-0.2, -0.15) is 0 Å². The van der Waals surface area contributed by atoms with Crippen LogP contribution in [0.3, 0.4) is 0 Å². The van der Waals surface area contributed by atoms with Crippen molar-refractivity contribution >= 4 is 22.5 Å². The Morgan fingerprint density at radius 3 is 2.53 bits per heavy atom. The van der Waals surface area contributed by atoms with Crippen molar-refractivity contribution in [3.8, 4) is 11.1 Å². The number of benzene rings is 2. The molecule has 0 aliphatic rings. The lowest BCUT2D eigenvalue weighted by molar-refractivity contribution is 1.30. The van der Waals surface area contributed by atoms with Gasteiger partial charge in [0.25, 0.3) is 0 Å². The van der Waals surface area contributed by atoms with Gasteiger partial charge in [-0.05, 0) is 30.7 Å². The SMILES string of the molecule is Cc1[nH]c2ccc(Cl)cc2c1-c1ccccc1. The average molecular weight is 242 g/mol. The highest BCUT2D eigenvalue weighted by atomic mass is 35.5. The molecule has 84 valence electrons. The van der Waals surface area contributed by atoms with E-state index in [1.54, 1.807) is 0 Å². The van der Waals surface area contributed by atoms with E-state index in [0.29, 0.717) is 0 Å². The highest BCUT2D eigenvalue weighted by Gasteiger charge is 2.10. The highest BCUT2D eigenvalue weighted by molar-refractivity contribution is 6.31. The highest BCUT2D eigenvalue weighted by Crippen LogP contribution is 2.33. The molecule has 0 unspecified atom stereocenters. The van der Waals surface area contributed by atoms with E-state index in [2.05, 4.69) is 36.2 Å². The van der Waals surface area contributed by atoms with E-state index in [9.17, 15) is 0 Å². The predicted molar refractivity (Wildman–Crippen MR) is 73.5 cm³/mol. The number of halogens is 1. The van der Waals surface area contributed by atoms with Crippen molar-refractivity contribution in [1.82, 2.24) is 4.98 Å². The normalized spacial score (nSPS) is 10.9. The average Bonchev–Trinajstić information content (AvgIpc) is 2.65. The monoisotopic (exact) mass is 241 g/mol. The first-order valence-electron chi connectivity index (χ1n) is 5.59. The van der Waals surface area contributed by atoms with Gasteiger partial charge in [0.2, 0.25) is 0 Å². The quantitative estimate of drug-likeness (QED) is 0.630. The van der Waals surface area contributed by atoms with E-state index < -0.39 is 0 Å². The first-order valence-corrected chi connectivity index (χ1v) is 5.97. The Labute approximate surface area is 105 Å². The summed E-state index contributed by atoms with van der Waals surface area (Å²) in [5.74, 6) is 0. The lowest BCUT2D eigenvalue weighted by Gasteiger charge is -2.01. The van der Waals surface area contributed by atoms with Crippen LogP contribution in [0.25, 0.3) is 22.0 Å². The molecule has 0 fully saturated rings. The summed E-state index contributed by atoms with van der Waals surface area (Å²) in [5, 5.41) is 1.95. The molecule has 2 heteroatoms. The number of hydrogen-bond donors (Lipinski definition) is 1. The maximum atomic E-state index is 6.07. The number of aryl methyl sites for hydroxylation is 1. The molecular weight excluding hydrogens is 230 g/mol. The molecule has 0 radical (unpaired) electrons. The Morgan fingerprint density at radius 2 is 1.76 bits per heavy atom. The lowest BCUT2D eigenvalue weighted by Crippen LogP contribution is -1.78. The molecule has 1 aromatic heterocycles. The molecule has 0 amide bonds. The van der Waals surface area contributed by atoms with Crippen molar-refractivity contribution in [2.75, 3.05) is 0 Å². The fraction of sp³-hybridized carbons (Fsp3) is 0.0667. The van der Waals surface area contributed by atoms with Crippen LogP contribution in [0.5, 0.6) is 0 Å². The first-order chi connectivity index (χ1) is 8.25. The molecule has 3 rings (SSSR count). The molecule has 1 heterocycles. The van der Waals surface area contributed by atoms with Gasteiger partial charge in [-0.15, -0.1) is 0 Å². The van der Waals surface area contributed by atoms with Gasteiger partial charge >= 0.3 is 0 Å². The van der Waals surface area contributed by atoms with Gasteiger partial charge in [-0.3, -0.25) is 0 Å². The predicted octanol–water partition coefficient (Wildman–Crippen LogP) is 4.80. The fourth-order valence-electron chi connectivity index (χ4n) is 2.28. The second kappa shape index (κ2) is 3.94. The van der Waals surface area contributed by atoms with Crippen LogP contribution in [0.15, 0.2) is 48.5 Å². The maximum absolute atomic E-state index is 6.07. The third-order valence-corrected chi connectivity index (χ3v) is 3.25. The molecule has 0 aliphatic carbocycles. The minimum absolute atomic E-state index is 0.772. The Morgan fingerprint density at radius 1 is 1.00 bits per heavy atom. The summed E-state index contributed by atoms with van der Waals surface area (Å²) in [6.07, 6.45) is 0. The second-order valence-corrected chi connectivity index (χ2v) is 4.62. The van der Waals surface area contributed by atoms with Gasteiger partial charge in [0.05, 0.1) is 0 Å². The number of rotatable bonds is 1. The van der Waals surface area contributed by atoms with Crippen molar-refractivity contribution in [2.45, 2.75) is 6.92 Å². The van der Waals surface area contributed by atoms with Crippen LogP contribution < -0.4 is 0 Å². The van der Waals surface area contributed by atoms with E-state index in [-0.39, 0.29) is 0 Å². The zero-order valence-corrected chi connectivity index (χ0v) is 10.3. The molecule has 0 saturated heterocycles. The van der Waals surface area contributed by atoms with E-state index in [1.165, 1.54) is 22.2 Å². The minimum Gasteiger partial charge on any atom is -0.358 e. The van der Waals surface area contributed by atoms with E-state index in [4.69, 9.17) is 11.6 Å². The molecule has 0 aliphatic heterocycles. The van der Waals surface area contributed by atoms with Crippen LogP contribution >= 0.6 is 11.6 Å². The molecular formula is C15H12ClN. The first kappa shape index (κ1) is 10.4. The number of hydrogen-bond acceptors (Lipinski definition) is 0. The molecule has 0 saturated carbocycles. The molecule has 0 spiro atoms. The second-order valence-electron chi connectivity index (χ2n) is 4.18. The third kappa shape index (κ3) is 1.73. The van der Waals surface area contributed by atoms with Gasteiger partial charge < -0.3 is 4.98 Å². The van der Waals surface area contributed by atoms with Crippen LogP contribution in [0, 0.1) is 6.92 Å². The lowest BCUT2D eigenvalue weighted by atomic mass is 10.0. The van der Waals surface area contributed by atoms with E-state index in [1.807, 2.05) is 24.3 Å². The standard InChI is InChI=1S/C15H12ClN/c1-10-15(11-5-3-2-4-6-11)13-9-12(16)7-8-14(13)17-10/h2-9,17H,1H3. The Bertz CT molecular complexity index is 668. The van der Waals surface area contributed by atoms with Crippen LogP contribution in [0.4, 0.5) is 0 Å². The van der Waals surface area contributed by atoms with Crippen molar-refractivity contribution in [3.05, 3.63) is 59.2 Å². The Balaban J connectivity index is 2.35. The molecule has 17 heavy (non-hydrogen) atoms. The largest absolute Gasteiger partial charge is 0.358 e. The number of aromatic nitrogens is 1. The molecule has 3 aromatic rings. The fourth-order valence-corrected chi connectivity index (χ4v) is 2.45. The zero-order chi connectivity index (χ0) is 11.8. The zero-order valence-electron chi connectivity index (χ0n) is 9.50. The maximum Gasteiger partial charge on any atom is 0.0463 e. The molecule has 1 N–H and O–H groups in total. The van der Waals surface area contributed by atoms with Crippen molar-refractivity contribution in [1.29, 1.82) is 0 Å². The molecule has 0 bridgehead atoms. The number of H-pyrrole nitrogens is 1. The number of fused-ring (bicyclic) bond motifs is 1. The van der Waals surface area contributed by atoms with Crippen LogP contribution in [-0.2, 0) is 0 Å². The summed E-state index contributed by atoms with van der Waals surface area (Å²) >= 11 is 6.07. The van der Waals surface area contributed by atoms with Gasteiger partial charge in [0.1, 0.15) is 0 Å².